The van der Waals surface area contributed by atoms with Gasteiger partial charge in [0.05, 0.1) is 5.56 Å². The molecule has 15 heavy (non-hydrogen) atoms. The van der Waals surface area contributed by atoms with Crippen LogP contribution in [-0.2, 0) is 0 Å². The van der Waals surface area contributed by atoms with Gasteiger partial charge >= 0.3 is 0 Å². The summed E-state index contributed by atoms with van der Waals surface area (Å²) in [6, 6.07) is 5.86. The minimum atomic E-state index is 0.0266. The molecule has 0 aromatic heterocycles. The maximum atomic E-state index is 11.8. The predicted octanol–water partition coefficient (Wildman–Crippen LogP) is 1.81. The summed E-state index contributed by atoms with van der Waals surface area (Å²) in [7, 11) is 5.67. The number of carbonyl (C=O) groups excluding carboxylic acids is 1. The molecule has 0 N–H and O–H groups in total. The molecule has 0 saturated heterocycles. The van der Waals surface area contributed by atoms with Crippen molar-refractivity contribution in [2.45, 2.75) is 0 Å². The Labute approximate surface area is 89.6 Å². The number of hydrogen-bond donors (Lipinski definition) is 0. The van der Waals surface area contributed by atoms with Gasteiger partial charge < -0.3 is 9.80 Å². The van der Waals surface area contributed by atoms with E-state index in [0.29, 0.717) is 0 Å². The van der Waals surface area contributed by atoms with Crippen molar-refractivity contribution in [3.05, 3.63) is 35.9 Å². The smallest absolute Gasteiger partial charge is 0.258 e. The fourth-order valence-corrected chi connectivity index (χ4v) is 1.72. The average Bonchev–Trinajstić information content (AvgIpc) is 2.44. The first-order valence-corrected chi connectivity index (χ1v) is 4.81. The Hall–Kier alpha value is -1.77. The molecular formula is C12H14N2O. The van der Waals surface area contributed by atoms with Crippen LogP contribution in [0.4, 0.5) is 5.69 Å². The summed E-state index contributed by atoms with van der Waals surface area (Å²) in [4.78, 5) is 15.4. The highest BCUT2D eigenvalue weighted by Gasteiger charge is 2.28. The molecule has 0 bridgehead atoms. The molecule has 0 fully saturated rings. The summed E-state index contributed by atoms with van der Waals surface area (Å²) >= 11 is 0. The average molecular weight is 202 g/mol. The van der Waals surface area contributed by atoms with Gasteiger partial charge in [-0.3, -0.25) is 4.79 Å². The van der Waals surface area contributed by atoms with Crippen molar-refractivity contribution in [2.75, 3.05) is 26.0 Å². The highest BCUT2D eigenvalue weighted by molar-refractivity contribution is 6.09. The van der Waals surface area contributed by atoms with E-state index in [1.165, 1.54) is 0 Å². The molecule has 1 heterocycles. The highest BCUT2D eigenvalue weighted by Crippen LogP contribution is 2.32. The molecule has 0 unspecified atom stereocenters. The monoisotopic (exact) mass is 202 g/mol. The number of anilines is 1. The SMILES string of the molecule is C=C1c2ccc(N(C)C)cc2C(=O)N1C. The first-order chi connectivity index (χ1) is 7.02. The second-order valence-electron chi connectivity index (χ2n) is 3.94. The van der Waals surface area contributed by atoms with E-state index >= 15 is 0 Å². The van der Waals surface area contributed by atoms with Crippen molar-refractivity contribution < 1.29 is 4.79 Å². The summed E-state index contributed by atoms with van der Waals surface area (Å²) in [5.74, 6) is 0.0266. The lowest BCUT2D eigenvalue weighted by Crippen LogP contribution is -2.16. The molecule has 3 heteroatoms. The minimum Gasteiger partial charge on any atom is -0.378 e. The lowest BCUT2D eigenvalue weighted by atomic mass is 10.1. The number of carbonyl (C=O) groups is 1. The number of nitrogens with zero attached hydrogens (tertiary/aromatic N) is 2. The molecular weight excluding hydrogens is 188 g/mol. The molecule has 3 nitrogen and oxygen atoms in total. The molecule has 0 aliphatic carbocycles. The Morgan fingerprint density at radius 2 is 1.93 bits per heavy atom. The Morgan fingerprint density at radius 1 is 1.27 bits per heavy atom. The van der Waals surface area contributed by atoms with Gasteiger partial charge in [-0.2, -0.15) is 0 Å². The van der Waals surface area contributed by atoms with Crippen molar-refractivity contribution in [3.8, 4) is 0 Å². The molecule has 1 amide bonds. The fraction of sp³-hybridized carbons (Fsp3) is 0.250. The van der Waals surface area contributed by atoms with Crippen molar-refractivity contribution in [2.24, 2.45) is 0 Å². The third-order valence-corrected chi connectivity index (χ3v) is 2.77. The standard InChI is InChI=1S/C12H14N2O/c1-8-10-6-5-9(13(2)3)7-11(10)12(15)14(8)4/h5-7H,1H2,2-4H3. The van der Waals surface area contributed by atoms with Crippen molar-refractivity contribution in [3.63, 3.8) is 0 Å². The predicted molar refractivity (Wildman–Crippen MR) is 61.9 cm³/mol. The first kappa shape index (κ1) is 9.77. The van der Waals surface area contributed by atoms with Crippen LogP contribution in [0.1, 0.15) is 15.9 Å². The maximum absolute atomic E-state index is 11.8. The van der Waals surface area contributed by atoms with Gasteiger partial charge in [0.25, 0.3) is 5.91 Å². The number of rotatable bonds is 1. The zero-order chi connectivity index (χ0) is 11.2. The van der Waals surface area contributed by atoms with E-state index in [0.717, 1.165) is 22.5 Å². The van der Waals surface area contributed by atoms with Crippen LogP contribution in [0.2, 0.25) is 0 Å². The lowest BCUT2D eigenvalue weighted by molar-refractivity contribution is 0.0875. The molecule has 1 aromatic rings. The third kappa shape index (κ3) is 1.31. The molecule has 1 aliphatic rings. The molecule has 78 valence electrons. The molecule has 0 spiro atoms. The van der Waals surface area contributed by atoms with E-state index in [1.807, 2.05) is 37.2 Å². The summed E-state index contributed by atoms with van der Waals surface area (Å²) in [5, 5.41) is 0. The second-order valence-corrected chi connectivity index (χ2v) is 3.94. The Morgan fingerprint density at radius 3 is 2.53 bits per heavy atom. The summed E-state index contributed by atoms with van der Waals surface area (Å²) in [6.07, 6.45) is 0. The second kappa shape index (κ2) is 3.12. The highest BCUT2D eigenvalue weighted by atomic mass is 16.2. The number of fused-ring (bicyclic) bond motifs is 1. The van der Waals surface area contributed by atoms with E-state index in [4.69, 9.17) is 0 Å². The largest absolute Gasteiger partial charge is 0.378 e. The van der Waals surface area contributed by atoms with Gasteiger partial charge in [0.2, 0.25) is 0 Å². The van der Waals surface area contributed by atoms with Crippen molar-refractivity contribution >= 4 is 17.3 Å². The van der Waals surface area contributed by atoms with Crippen LogP contribution in [-0.4, -0.2) is 32.0 Å². The molecule has 0 atom stereocenters. The minimum absolute atomic E-state index is 0.0266. The van der Waals surface area contributed by atoms with Crippen LogP contribution >= 0.6 is 0 Å². The Balaban J connectivity index is 2.57. The van der Waals surface area contributed by atoms with Crippen molar-refractivity contribution in [1.82, 2.24) is 4.90 Å². The van der Waals surface area contributed by atoms with Gasteiger partial charge in [-0.25, -0.2) is 0 Å². The van der Waals surface area contributed by atoms with Crippen LogP contribution in [0.3, 0.4) is 0 Å². The van der Waals surface area contributed by atoms with Gasteiger partial charge in [-0.1, -0.05) is 12.6 Å². The van der Waals surface area contributed by atoms with E-state index in [9.17, 15) is 4.79 Å². The fourth-order valence-electron chi connectivity index (χ4n) is 1.72. The maximum Gasteiger partial charge on any atom is 0.258 e. The summed E-state index contributed by atoms with van der Waals surface area (Å²) in [5.41, 5.74) is 3.49. The lowest BCUT2D eigenvalue weighted by Gasteiger charge is -2.12. The van der Waals surface area contributed by atoms with Gasteiger partial charge in [0, 0.05) is 38.1 Å². The Bertz CT molecular complexity index is 449. The summed E-state index contributed by atoms with van der Waals surface area (Å²) < 4.78 is 0. The molecule has 1 aliphatic heterocycles. The molecule has 0 saturated carbocycles. The van der Waals surface area contributed by atoms with E-state index in [2.05, 4.69) is 6.58 Å². The molecule has 1 aromatic carbocycles. The van der Waals surface area contributed by atoms with Crippen LogP contribution in [0.25, 0.3) is 5.70 Å². The summed E-state index contributed by atoms with van der Waals surface area (Å²) in [6.45, 7) is 3.89. The van der Waals surface area contributed by atoms with Gasteiger partial charge in [0.15, 0.2) is 0 Å². The van der Waals surface area contributed by atoms with Gasteiger partial charge in [0.1, 0.15) is 0 Å². The Kier molecular flexibility index (Phi) is 2.03. The van der Waals surface area contributed by atoms with Crippen LogP contribution in [0, 0.1) is 0 Å². The van der Waals surface area contributed by atoms with E-state index in [-0.39, 0.29) is 5.91 Å². The molecule has 2 rings (SSSR count). The number of amides is 1. The first-order valence-electron chi connectivity index (χ1n) is 4.81. The number of benzene rings is 1. The third-order valence-electron chi connectivity index (χ3n) is 2.77. The van der Waals surface area contributed by atoms with Gasteiger partial charge in [-0.15, -0.1) is 0 Å². The normalized spacial score (nSPS) is 14.5. The van der Waals surface area contributed by atoms with Gasteiger partial charge in [-0.05, 0) is 12.1 Å². The topological polar surface area (TPSA) is 23.6 Å². The zero-order valence-electron chi connectivity index (χ0n) is 9.24. The van der Waals surface area contributed by atoms with E-state index in [1.54, 1.807) is 11.9 Å². The van der Waals surface area contributed by atoms with Crippen LogP contribution in [0.5, 0.6) is 0 Å². The number of hydrogen-bond acceptors (Lipinski definition) is 2. The van der Waals surface area contributed by atoms with Crippen molar-refractivity contribution in [1.29, 1.82) is 0 Å². The zero-order valence-corrected chi connectivity index (χ0v) is 9.24. The van der Waals surface area contributed by atoms with Crippen LogP contribution < -0.4 is 4.90 Å². The quantitative estimate of drug-likeness (QED) is 0.693. The molecule has 0 radical (unpaired) electrons. The van der Waals surface area contributed by atoms with E-state index < -0.39 is 0 Å². The van der Waals surface area contributed by atoms with Crippen LogP contribution in [0.15, 0.2) is 24.8 Å².